The van der Waals surface area contributed by atoms with Crippen molar-refractivity contribution in [3.8, 4) is 5.69 Å². The molecule has 6 heteroatoms. The maximum absolute atomic E-state index is 13.3. The van der Waals surface area contributed by atoms with E-state index in [1.165, 1.54) is 12.1 Å². The van der Waals surface area contributed by atoms with E-state index in [4.69, 9.17) is 0 Å². The lowest BCUT2D eigenvalue weighted by Gasteiger charge is -2.13. The predicted octanol–water partition coefficient (Wildman–Crippen LogP) is 2.45. The zero-order valence-electron chi connectivity index (χ0n) is 15.0. The minimum Gasteiger partial charge on any atom is -0.349 e. The molecule has 2 heterocycles. The van der Waals surface area contributed by atoms with Crippen LogP contribution in [0, 0.1) is 5.82 Å². The number of halogens is 1. The van der Waals surface area contributed by atoms with Gasteiger partial charge in [0.15, 0.2) is 0 Å². The summed E-state index contributed by atoms with van der Waals surface area (Å²) in [5, 5.41) is 10.7. The van der Waals surface area contributed by atoms with Gasteiger partial charge in [0.1, 0.15) is 11.5 Å². The molecular weight excluding hydrogens is 343 g/mol. The van der Waals surface area contributed by atoms with Crippen LogP contribution in [0.2, 0.25) is 0 Å². The highest BCUT2D eigenvalue weighted by Gasteiger charge is 2.17. The van der Waals surface area contributed by atoms with Crippen molar-refractivity contribution in [3.63, 3.8) is 0 Å². The molecule has 2 aromatic carbocycles. The maximum Gasteiger partial charge on any atom is 0.268 e. The first-order valence-electron chi connectivity index (χ1n) is 9.31. The third-order valence-corrected chi connectivity index (χ3v) is 4.93. The van der Waals surface area contributed by atoms with E-state index in [-0.39, 0.29) is 11.7 Å². The Morgan fingerprint density at radius 3 is 2.74 bits per heavy atom. The molecule has 1 atom stereocenters. The number of benzene rings is 2. The molecule has 0 spiro atoms. The first-order chi connectivity index (χ1) is 13.2. The molecule has 1 aliphatic heterocycles. The molecule has 1 fully saturated rings. The number of nitrogens with one attached hydrogen (secondary N) is 3. The van der Waals surface area contributed by atoms with Gasteiger partial charge in [0.25, 0.3) is 5.91 Å². The number of fused-ring (bicyclic) bond motifs is 1. The third kappa shape index (κ3) is 3.86. The molecule has 140 valence electrons. The van der Waals surface area contributed by atoms with Gasteiger partial charge in [-0.2, -0.15) is 0 Å². The fourth-order valence-electron chi connectivity index (χ4n) is 3.56. The second-order valence-corrected chi connectivity index (χ2v) is 6.80. The highest BCUT2D eigenvalue weighted by atomic mass is 19.1. The summed E-state index contributed by atoms with van der Waals surface area (Å²) in [5.41, 5.74) is 2.23. The first-order valence-corrected chi connectivity index (χ1v) is 9.31. The Morgan fingerprint density at radius 1 is 1.15 bits per heavy atom. The number of nitrogens with zero attached hydrogens (tertiary/aromatic N) is 1. The summed E-state index contributed by atoms with van der Waals surface area (Å²) in [5.74, 6) is -0.435. The summed E-state index contributed by atoms with van der Waals surface area (Å²) in [4.78, 5) is 12.8. The Morgan fingerprint density at radius 2 is 1.96 bits per heavy atom. The van der Waals surface area contributed by atoms with Crippen molar-refractivity contribution in [3.05, 3.63) is 66.1 Å². The summed E-state index contributed by atoms with van der Waals surface area (Å²) in [6.45, 7) is 3.31. The molecule has 5 nitrogen and oxygen atoms in total. The Labute approximate surface area is 157 Å². The number of para-hydroxylation sites is 1. The van der Waals surface area contributed by atoms with Crippen molar-refractivity contribution >= 4 is 16.8 Å². The van der Waals surface area contributed by atoms with E-state index < -0.39 is 0 Å². The number of aromatic nitrogens is 1. The summed E-state index contributed by atoms with van der Waals surface area (Å²) < 4.78 is 15.2. The topological polar surface area (TPSA) is 58.1 Å². The lowest BCUT2D eigenvalue weighted by Crippen LogP contribution is -2.38. The molecular formula is C21H23FN4O. The molecule has 0 aliphatic carbocycles. The largest absolute Gasteiger partial charge is 0.349 e. The highest BCUT2D eigenvalue weighted by Crippen LogP contribution is 2.24. The molecule has 1 aromatic heterocycles. The van der Waals surface area contributed by atoms with Crippen LogP contribution in [0.4, 0.5) is 4.39 Å². The number of hydrogen-bond acceptors (Lipinski definition) is 3. The van der Waals surface area contributed by atoms with Crippen LogP contribution in [0.3, 0.4) is 0 Å². The van der Waals surface area contributed by atoms with Crippen molar-refractivity contribution in [1.29, 1.82) is 0 Å². The number of amides is 1. The van der Waals surface area contributed by atoms with Crippen LogP contribution in [0.25, 0.3) is 16.6 Å². The average molecular weight is 366 g/mol. The zero-order chi connectivity index (χ0) is 18.6. The van der Waals surface area contributed by atoms with Gasteiger partial charge in [0.05, 0.1) is 5.52 Å². The van der Waals surface area contributed by atoms with Crippen LogP contribution in [0.5, 0.6) is 0 Å². The van der Waals surface area contributed by atoms with Crippen molar-refractivity contribution in [2.24, 2.45) is 0 Å². The van der Waals surface area contributed by atoms with Gasteiger partial charge >= 0.3 is 0 Å². The van der Waals surface area contributed by atoms with E-state index in [0.29, 0.717) is 18.3 Å². The quantitative estimate of drug-likeness (QED) is 0.588. The fourth-order valence-corrected chi connectivity index (χ4v) is 3.56. The zero-order valence-corrected chi connectivity index (χ0v) is 15.0. The summed E-state index contributed by atoms with van der Waals surface area (Å²) in [6, 6.07) is 16.4. The van der Waals surface area contributed by atoms with Crippen molar-refractivity contribution < 1.29 is 9.18 Å². The van der Waals surface area contributed by atoms with E-state index in [2.05, 4.69) is 16.0 Å². The Balaban J connectivity index is 1.54. The van der Waals surface area contributed by atoms with E-state index in [0.717, 1.165) is 42.6 Å². The van der Waals surface area contributed by atoms with Crippen LogP contribution in [-0.4, -0.2) is 42.7 Å². The molecule has 0 saturated carbocycles. The van der Waals surface area contributed by atoms with Gasteiger partial charge in [-0.1, -0.05) is 18.2 Å². The van der Waals surface area contributed by atoms with Gasteiger partial charge < -0.3 is 20.5 Å². The molecule has 3 aromatic rings. The third-order valence-electron chi connectivity index (χ3n) is 4.93. The van der Waals surface area contributed by atoms with Gasteiger partial charge in [-0.3, -0.25) is 4.79 Å². The Hall–Kier alpha value is -2.70. The molecule has 1 aliphatic rings. The smallest absolute Gasteiger partial charge is 0.268 e. The van der Waals surface area contributed by atoms with Crippen molar-refractivity contribution in [2.45, 2.75) is 12.5 Å². The second kappa shape index (κ2) is 7.90. The normalized spacial score (nSPS) is 16.7. The number of rotatable bonds is 6. The first kappa shape index (κ1) is 17.7. The molecule has 0 radical (unpaired) electrons. The highest BCUT2D eigenvalue weighted by molar-refractivity contribution is 5.99. The van der Waals surface area contributed by atoms with Gasteiger partial charge in [-0.25, -0.2) is 4.39 Å². The number of carbonyl (C=O) groups excluding carboxylic acids is 1. The summed E-state index contributed by atoms with van der Waals surface area (Å²) in [6.07, 6.45) is 1.12. The lowest BCUT2D eigenvalue weighted by atomic mass is 10.2. The van der Waals surface area contributed by atoms with Gasteiger partial charge in [0.2, 0.25) is 0 Å². The molecule has 1 saturated heterocycles. The molecule has 0 bridgehead atoms. The molecule has 1 amide bonds. The predicted molar refractivity (Wildman–Crippen MR) is 105 cm³/mol. The molecule has 4 rings (SSSR count). The van der Waals surface area contributed by atoms with Gasteiger partial charge in [-0.15, -0.1) is 0 Å². The van der Waals surface area contributed by atoms with Crippen LogP contribution in [0.1, 0.15) is 16.9 Å². The number of hydrogen-bond donors (Lipinski definition) is 3. The molecule has 27 heavy (non-hydrogen) atoms. The summed E-state index contributed by atoms with van der Waals surface area (Å²) in [7, 11) is 0. The van der Waals surface area contributed by atoms with Crippen LogP contribution in [0.15, 0.2) is 54.6 Å². The standard InChI is InChI=1S/C21H23FN4O/c22-16-5-7-18(8-6-16)26-19-4-2-1-3-15(19)13-20(26)21(27)25-12-11-24-17-9-10-23-14-17/h1-8,13,17,23-24H,9-12,14H2,(H,25,27). The van der Waals surface area contributed by atoms with E-state index in [1.807, 2.05) is 34.9 Å². The maximum atomic E-state index is 13.3. The van der Waals surface area contributed by atoms with E-state index in [1.54, 1.807) is 12.1 Å². The monoisotopic (exact) mass is 366 g/mol. The molecule has 1 unspecified atom stereocenters. The average Bonchev–Trinajstić information content (AvgIpc) is 3.33. The van der Waals surface area contributed by atoms with Gasteiger partial charge in [-0.05, 0) is 49.4 Å². The van der Waals surface area contributed by atoms with Gasteiger partial charge in [0, 0.05) is 36.7 Å². The fraction of sp³-hybridized carbons (Fsp3) is 0.286. The summed E-state index contributed by atoms with van der Waals surface area (Å²) >= 11 is 0. The minimum atomic E-state index is -0.298. The Bertz CT molecular complexity index is 929. The van der Waals surface area contributed by atoms with Crippen LogP contribution < -0.4 is 16.0 Å². The lowest BCUT2D eigenvalue weighted by molar-refractivity contribution is 0.0947. The van der Waals surface area contributed by atoms with Crippen LogP contribution >= 0.6 is 0 Å². The van der Waals surface area contributed by atoms with Crippen LogP contribution in [-0.2, 0) is 0 Å². The Kier molecular flexibility index (Phi) is 5.18. The van der Waals surface area contributed by atoms with E-state index in [9.17, 15) is 9.18 Å². The minimum absolute atomic E-state index is 0.137. The van der Waals surface area contributed by atoms with Crippen molar-refractivity contribution in [2.75, 3.05) is 26.2 Å². The SMILES string of the molecule is O=C(NCCNC1CCNC1)c1cc2ccccc2n1-c1ccc(F)cc1. The molecule has 3 N–H and O–H groups in total. The van der Waals surface area contributed by atoms with E-state index >= 15 is 0 Å². The van der Waals surface area contributed by atoms with Crippen molar-refractivity contribution in [1.82, 2.24) is 20.5 Å². The number of carbonyl (C=O) groups is 1. The second-order valence-electron chi connectivity index (χ2n) is 6.80.